The number of rotatable bonds is 2. The van der Waals surface area contributed by atoms with E-state index in [4.69, 9.17) is 9.97 Å². The SMILES string of the molecule is Cc1nc(N2CCNCC2)c2nc(N3CCCC3)n(C)c2n1.Cl.Cl. The van der Waals surface area contributed by atoms with Gasteiger partial charge in [0.25, 0.3) is 0 Å². The lowest BCUT2D eigenvalue weighted by molar-refractivity contribution is 0.585. The van der Waals surface area contributed by atoms with Crippen LogP contribution < -0.4 is 15.1 Å². The van der Waals surface area contributed by atoms with Crippen molar-refractivity contribution < 1.29 is 0 Å². The number of anilines is 2. The fourth-order valence-electron chi connectivity index (χ4n) is 3.44. The monoisotopic (exact) mass is 373 g/mol. The molecule has 0 atom stereocenters. The first-order chi connectivity index (χ1) is 10.7. The summed E-state index contributed by atoms with van der Waals surface area (Å²) in [6, 6.07) is 0. The molecule has 2 saturated heterocycles. The van der Waals surface area contributed by atoms with Gasteiger partial charge in [-0.3, -0.25) is 4.57 Å². The first kappa shape index (κ1) is 19.0. The van der Waals surface area contributed by atoms with Gasteiger partial charge < -0.3 is 15.1 Å². The lowest BCUT2D eigenvalue weighted by Crippen LogP contribution is -2.44. The molecule has 7 nitrogen and oxygen atoms in total. The van der Waals surface area contributed by atoms with Crippen molar-refractivity contribution >= 4 is 47.7 Å². The summed E-state index contributed by atoms with van der Waals surface area (Å²) >= 11 is 0. The minimum absolute atomic E-state index is 0. The molecule has 0 aromatic carbocycles. The van der Waals surface area contributed by atoms with Gasteiger partial charge in [-0.15, -0.1) is 24.8 Å². The summed E-state index contributed by atoms with van der Waals surface area (Å²) < 4.78 is 2.13. The third kappa shape index (κ3) is 3.25. The zero-order valence-corrected chi connectivity index (χ0v) is 15.8. The van der Waals surface area contributed by atoms with E-state index in [9.17, 15) is 0 Å². The topological polar surface area (TPSA) is 62.1 Å². The normalized spacial score (nSPS) is 17.8. The maximum absolute atomic E-state index is 4.91. The largest absolute Gasteiger partial charge is 0.352 e. The average Bonchev–Trinajstić information content (AvgIpc) is 3.16. The van der Waals surface area contributed by atoms with Crippen LogP contribution in [0.25, 0.3) is 11.2 Å². The highest BCUT2D eigenvalue weighted by molar-refractivity contribution is 5.86. The smallest absolute Gasteiger partial charge is 0.207 e. The van der Waals surface area contributed by atoms with Crippen LogP contribution in [0.2, 0.25) is 0 Å². The van der Waals surface area contributed by atoms with Crippen LogP contribution in [0, 0.1) is 6.92 Å². The molecule has 24 heavy (non-hydrogen) atoms. The Morgan fingerprint density at radius 1 is 0.875 bits per heavy atom. The number of fused-ring (bicyclic) bond motifs is 1. The summed E-state index contributed by atoms with van der Waals surface area (Å²) in [6.45, 7) is 8.09. The number of imidazole rings is 1. The maximum Gasteiger partial charge on any atom is 0.207 e. The number of aromatic nitrogens is 4. The highest BCUT2D eigenvalue weighted by Crippen LogP contribution is 2.28. The van der Waals surface area contributed by atoms with E-state index in [1.807, 2.05) is 6.92 Å². The number of nitrogens with zero attached hydrogens (tertiary/aromatic N) is 6. The summed E-state index contributed by atoms with van der Waals surface area (Å²) in [5, 5.41) is 3.39. The van der Waals surface area contributed by atoms with Gasteiger partial charge in [0.1, 0.15) is 5.82 Å². The Morgan fingerprint density at radius 2 is 1.54 bits per heavy atom. The van der Waals surface area contributed by atoms with Crippen molar-refractivity contribution in [2.24, 2.45) is 7.05 Å². The van der Waals surface area contributed by atoms with Crippen LogP contribution in [0.5, 0.6) is 0 Å². The molecule has 0 saturated carbocycles. The second-order valence-corrected chi connectivity index (χ2v) is 6.17. The molecule has 9 heteroatoms. The van der Waals surface area contributed by atoms with E-state index in [2.05, 4.69) is 31.7 Å². The lowest BCUT2D eigenvalue weighted by Gasteiger charge is -2.28. The van der Waals surface area contributed by atoms with E-state index in [0.717, 1.165) is 68.0 Å². The Balaban J connectivity index is 0.00000104. The first-order valence-electron chi connectivity index (χ1n) is 8.16. The van der Waals surface area contributed by atoms with Gasteiger partial charge in [0.15, 0.2) is 17.0 Å². The van der Waals surface area contributed by atoms with Crippen molar-refractivity contribution in [2.75, 3.05) is 49.1 Å². The lowest BCUT2D eigenvalue weighted by atomic mass is 10.3. The summed E-state index contributed by atoms with van der Waals surface area (Å²) in [5.74, 6) is 2.84. The molecule has 0 aliphatic carbocycles. The number of halogens is 2. The van der Waals surface area contributed by atoms with Crippen molar-refractivity contribution in [1.29, 1.82) is 0 Å². The fourth-order valence-corrected chi connectivity index (χ4v) is 3.44. The van der Waals surface area contributed by atoms with Gasteiger partial charge in [-0.05, 0) is 19.8 Å². The fraction of sp³-hybridized carbons (Fsp3) is 0.667. The molecule has 1 N–H and O–H groups in total. The Hall–Kier alpha value is -1.31. The molecule has 4 heterocycles. The van der Waals surface area contributed by atoms with E-state index < -0.39 is 0 Å². The second kappa shape index (κ2) is 7.72. The van der Waals surface area contributed by atoms with E-state index in [1.54, 1.807) is 0 Å². The van der Waals surface area contributed by atoms with Crippen LogP contribution in [-0.4, -0.2) is 58.8 Å². The predicted molar refractivity (Wildman–Crippen MR) is 102 cm³/mol. The molecule has 2 aromatic rings. The van der Waals surface area contributed by atoms with E-state index in [-0.39, 0.29) is 24.8 Å². The van der Waals surface area contributed by atoms with Crippen molar-refractivity contribution in [2.45, 2.75) is 19.8 Å². The highest BCUT2D eigenvalue weighted by Gasteiger charge is 2.24. The highest BCUT2D eigenvalue weighted by atomic mass is 35.5. The summed E-state index contributed by atoms with van der Waals surface area (Å²) in [4.78, 5) is 18.9. The molecule has 0 amide bonds. The molecule has 2 fully saturated rings. The number of nitrogens with one attached hydrogen (secondary N) is 1. The maximum atomic E-state index is 4.91. The Kier molecular flexibility index (Phi) is 6.11. The number of aryl methyl sites for hydroxylation is 2. The minimum atomic E-state index is 0. The quantitative estimate of drug-likeness (QED) is 0.860. The number of hydrogen-bond acceptors (Lipinski definition) is 6. The van der Waals surface area contributed by atoms with Crippen molar-refractivity contribution in [3.63, 3.8) is 0 Å². The van der Waals surface area contributed by atoms with Crippen LogP contribution in [-0.2, 0) is 7.05 Å². The average molecular weight is 374 g/mol. The van der Waals surface area contributed by atoms with Gasteiger partial charge in [-0.25, -0.2) is 15.0 Å². The van der Waals surface area contributed by atoms with Crippen LogP contribution in [0.4, 0.5) is 11.8 Å². The molecule has 4 rings (SSSR count). The van der Waals surface area contributed by atoms with Crippen molar-refractivity contribution in [3.8, 4) is 0 Å². The first-order valence-corrected chi connectivity index (χ1v) is 8.16. The second-order valence-electron chi connectivity index (χ2n) is 6.17. The molecule has 0 unspecified atom stereocenters. The van der Waals surface area contributed by atoms with Gasteiger partial charge >= 0.3 is 0 Å². The molecule has 0 spiro atoms. The van der Waals surface area contributed by atoms with Crippen LogP contribution in [0.15, 0.2) is 0 Å². The molecule has 2 aromatic heterocycles. The van der Waals surface area contributed by atoms with Gasteiger partial charge in [-0.1, -0.05) is 0 Å². The van der Waals surface area contributed by atoms with E-state index in [1.165, 1.54) is 12.8 Å². The van der Waals surface area contributed by atoms with Gasteiger partial charge in [0.05, 0.1) is 0 Å². The third-order valence-corrected chi connectivity index (χ3v) is 4.59. The Labute approximate surface area is 154 Å². The number of hydrogen-bond donors (Lipinski definition) is 1. The van der Waals surface area contributed by atoms with E-state index in [0.29, 0.717) is 0 Å². The third-order valence-electron chi connectivity index (χ3n) is 4.59. The van der Waals surface area contributed by atoms with Gasteiger partial charge in [0, 0.05) is 46.3 Å². The van der Waals surface area contributed by atoms with Gasteiger partial charge in [-0.2, -0.15) is 0 Å². The Morgan fingerprint density at radius 3 is 2.21 bits per heavy atom. The molecule has 2 aliphatic heterocycles. The van der Waals surface area contributed by atoms with Crippen molar-refractivity contribution in [1.82, 2.24) is 24.8 Å². The molecular weight excluding hydrogens is 349 g/mol. The molecule has 134 valence electrons. The molecule has 2 aliphatic rings. The van der Waals surface area contributed by atoms with Crippen LogP contribution in [0.3, 0.4) is 0 Å². The molecule has 0 radical (unpaired) electrons. The molecular formula is C15H25Cl2N7. The van der Waals surface area contributed by atoms with Crippen LogP contribution >= 0.6 is 24.8 Å². The zero-order chi connectivity index (χ0) is 15.1. The minimum Gasteiger partial charge on any atom is -0.352 e. The van der Waals surface area contributed by atoms with Gasteiger partial charge in [0.2, 0.25) is 5.95 Å². The zero-order valence-electron chi connectivity index (χ0n) is 14.2. The predicted octanol–water partition coefficient (Wildman–Crippen LogP) is 1.53. The molecule has 0 bridgehead atoms. The van der Waals surface area contributed by atoms with E-state index >= 15 is 0 Å². The summed E-state index contributed by atoms with van der Waals surface area (Å²) in [6.07, 6.45) is 2.50. The Bertz CT molecular complexity index is 691. The van der Waals surface area contributed by atoms with Crippen LogP contribution in [0.1, 0.15) is 18.7 Å². The summed E-state index contributed by atoms with van der Waals surface area (Å²) in [7, 11) is 2.07. The standard InChI is InChI=1S/C15H23N7.2ClH/c1-11-17-13-12(14(18-11)21-9-5-16-6-10-21)19-15(20(13)2)22-7-3-4-8-22;;/h16H,3-10H2,1-2H3;2*1H. The number of piperazine rings is 1. The summed E-state index contributed by atoms with van der Waals surface area (Å²) in [5.41, 5.74) is 1.89. The van der Waals surface area contributed by atoms with Crippen molar-refractivity contribution in [3.05, 3.63) is 5.82 Å².